The lowest BCUT2D eigenvalue weighted by molar-refractivity contribution is 0.164. The Hall–Kier alpha value is -1.77. The van der Waals surface area contributed by atoms with Crippen LogP contribution in [0.1, 0.15) is 18.4 Å². The summed E-state index contributed by atoms with van der Waals surface area (Å²) in [5.74, 6) is 0. The topological polar surface area (TPSA) is 40.5 Å². The van der Waals surface area contributed by atoms with Gasteiger partial charge in [0, 0.05) is 6.54 Å². The molecule has 1 aromatic rings. The van der Waals surface area contributed by atoms with E-state index < -0.39 is 6.09 Å². The molecule has 0 spiro atoms. The summed E-state index contributed by atoms with van der Waals surface area (Å²) in [6.07, 6.45) is 2.98. The summed E-state index contributed by atoms with van der Waals surface area (Å²) in [6.45, 7) is 0.593. The van der Waals surface area contributed by atoms with Crippen LogP contribution in [0.3, 0.4) is 0 Å². The van der Waals surface area contributed by atoms with E-state index in [4.69, 9.17) is 5.11 Å². The molecule has 3 heteroatoms. The Morgan fingerprint density at radius 3 is 2.67 bits per heavy atom. The lowest BCUT2D eigenvalue weighted by Gasteiger charge is -2.26. The van der Waals surface area contributed by atoms with Crippen LogP contribution in [0.4, 0.5) is 4.79 Å². The number of allylic oxidation sites excluding steroid dienone is 1. The summed E-state index contributed by atoms with van der Waals surface area (Å²) in [5.41, 5.74) is 1.79. The SMILES string of the molecule is O=C(O)N1CCCC=C1c1ccccc1. The van der Waals surface area contributed by atoms with Crippen LogP contribution in [0.5, 0.6) is 0 Å². The van der Waals surface area contributed by atoms with Gasteiger partial charge in [0.15, 0.2) is 0 Å². The van der Waals surface area contributed by atoms with E-state index in [-0.39, 0.29) is 0 Å². The summed E-state index contributed by atoms with van der Waals surface area (Å²) in [7, 11) is 0. The molecule has 0 saturated heterocycles. The number of carbonyl (C=O) groups is 1. The van der Waals surface area contributed by atoms with Crippen molar-refractivity contribution in [1.29, 1.82) is 0 Å². The second-order valence-corrected chi connectivity index (χ2v) is 3.53. The van der Waals surface area contributed by atoms with Gasteiger partial charge in [0.25, 0.3) is 0 Å². The molecule has 0 aromatic heterocycles. The molecule has 0 atom stereocenters. The van der Waals surface area contributed by atoms with Gasteiger partial charge in [-0.05, 0) is 18.4 Å². The highest BCUT2D eigenvalue weighted by Crippen LogP contribution is 2.24. The predicted octanol–water partition coefficient (Wildman–Crippen LogP) is 2.80. The van der Waals surface area contributed by atoms with Crippen molar-refractivity contribution in [3.05, 3.63) is 42.0 Å². The molecule has 1 aliphatic rings. The Kier molecular flexibility index (Phi) is 2.72. The third kappa shape index (κ3) is 2.01. The van der Waals surface area contributed by atoms with Crippen LogP contribution in [-0.2, 0) is 0 Å². The zero-order valence-corrected chi connectivity index (χ0v) is 8.39. The Bertz CT molecular complexity index is 384. The highest BCUT2D eigenvalue weighted by Gasteiger charge is 2.20. The molecule has 0 unspecified atom stereocenters. The van der Waals surface area contributed by atoms with E-state index >= 15 is 0 Å². The minimum Gasteiger partial charge on any atom is -0.465 e. The molecule has 0 radical (unpaired) electrons. The molecule has 78 valence electrons. The molecular formula is C12H13NO2. The van der Waals surface area contributed by atoms with E-state index in [1.165, 1.54) is 4.90 Å². The lowest BCUT2D eigenvalue weighted by Crippen LogP contribution is -2.30. The maximum atomic E-state index is 11.0. The van der Waals surface area contributed by atoms with Crippen LogP contribution < -0.4 is 0 Å². The first kappa shape index (κ1) is 9.77. The molecule has 1 heterocycles. The summed E-state index contributed by atoms with van der Waals surface area (Å²) < 4.78 is 0. The van der Waals surface area contributed by atoms with Crippen LogP contribution in [-0.4, -0.2) is 22.6 Å². The molecule has 0 aliphatic carbocycles. The van der Waals surface area contributed by atoms with Crippen molar-refractivity contribution in [1.82, 2.24) is 4.90 Å². The van der Waals surface area contributed by atoms with Crippen molar-refractivity contribution in [2.45, 2.75) is 12.8 Å². The smallest absolute Gasteiger partial charge is 0.411 e. The molecule has 3 nitrogen and oxygen atoms in total. The minimum absolute atomic E-state index is 0.593. The quantitative estimate of drug-likeness (QED) is 0.762. The third-order valence-corrected chi connectivity index (χ3v) is 2.51. The maximum Gasteiger partial charge on any atom is 0.411 e. The van der Waals surface area contributed by atoms with E-state index in [0.29, 0.717) is 6.54 Å². The van der Waals surface area contributed by atoms with Gasteiger partial charge < -0.3 is 5.11 Å². The van der Waals surface area contributed by atoms with Crippen LogP contribution in [0.25, 0.3) is 5.70 Å². The van der Waals surface area contributed by atoms with Gasteiger partial charge in [-0.15, -0.1) is 0 Å². The molecule has 1 aromatic carbocycles. The van der Waals surface area contributed by atoms with Gasteiger partial charge in [0.2, 0.25) is 0 Å². The number of hydrogen-bond acceptors (Lipinski definition) is 1. The molecule has 1 N–H and O–H groups in total. The predicted molar refractivity (Wildman–Crippen MR) is 58.4 cm³/mol. The molecule has 1 amide bonds. The average Bonchev–Trinajstić information content (AvgIpc) is 2.30. The minimum atomic E-state index is -0.871. The molecule has 15 heavy (non-hydrogen) atoms. The summed E-state index contributed by atoms with van der Waals surface area (Å²) in [5, 5.41) is 9.06. The molecule has 0 fully saturated rings. The maximum absolute atomic E-state index is 11.0. The number of nitrogens with zero attached hydrogens (tertiary/aromatic N) is 1. The van der Waals surface area contributed by atoms with Gasteiger partial charge in [-0.25, -0.2) is 4.79 Å². The Morgan fingerprint density at radius 2 is 2.00 bits per heavy atom. The summed E-state index contributed by atoms with van der Waals surface area (Å²) in [4.78, 5) is 12.4. The fraction of sp³-hybridized carbons (Fsp3) is 0.250. The second kappa shape index (κ2) is 4.17. The monoisotopic (exact) mass is 203 g/mol. The Morgan fingerprint density at radius 1 is 1.27 bits per heavy atom. The fourth-order valence-electron chi connectivity index (χ4n) is 1.80. The molecular weight excluding hydrogens is 190 g/mol. The zero-order chi connectivity index (χ0) is 10.7. The van der Waals surface area contributed by atoms with Crippen molar-refractivity contribution < 1.29 is 9.90 Å². The van der Waals surface area contributed by atoms with E-state index in [0.717, 1.165) is 24.1 Å². The number of benzene rings is 1. The first-order chi connectivity index (χ1) is 7.29. The Balaban J connectivity index is 2.34. The van der Waals surface area contributed by atoms with Gasteiger partial charge in [0.1, 0.15) is 0 Å². The van der Waals surface area contributed by atoms with E-state index in [1.54, 1.807) is 0 Å². The molecule has 2 rings (SSSR count). The van der Waals surface area contributed by atoms with Crippen LogP contribution in [0, 0.1) is 0 Å². The number of hydrogen-bond donors (Lipinski definition) is 1. The molecule has 1 aliphatic heterocycles. The first-order valence-corrected chi connectivity index (χ1v) is 5.05. The lowest BCUT2D eigenvalue weighted by atomic mass is 10.1. The number of carboxylic acid groups (broad SMARTS) is 1. The second-order valence-electron chi connectivity index (χ2n) is 3.53. The van der Waals surface area contributed by atoms with Crippen molar-refractivity contribution in [3.8, 4) is 0 Å². The highest BCUT2D eigenvalue weighted by molar-refractivity contribution is 5.81. The van der Waals surface area contributed by atoms with Crippen molar-refractivity contribution in [2.24, 2.45) is 0 Å². The average molecular weight is 203 g/mol. The van der Waals surface area contributed by atoms with Crippen molar-refractivity contribution in [3.63, 3.8) is 0 Å². The van der Waals surface area contributed by atoms with Gasteiger partial charge in [-0.3, -0.25) is 4.90 Å². The van der Waals surface area contributed by atoms with Crippen LogP contribution in [0.2, 0.25) is 0 Å². The van der Waals surface area contributed by atoms with Gasteiger partial charge >= 0.3 is 6.09 Å². The zero-order valence-electron chi connectivity index (χ0n) is 8.39. The number of amides is 1. The van der Waals surface area contributed by atoms with Gasteiger partial charge in [-0.2, -0.15) is 0 Å². The van der Waals surface area contributed by atoms with Crippen LogP contribution in [0.15, 0.2) is 36.4 Å². The largest absolute Gasteiger partial charge is 0.465 e. The molecule has 0 saturated carbocycles. The first-order valence-electron chi connectivity index (χ1n) is 5.05. The standard InChI is InChI=1S/C12H13NO2/c14-12(15)13-9-5-4-8-11(13)10-6-2-1-3-7-10/h1-3,6-8H,4-5,9H2,(H,14,15). The molecule has 0 bridgehead atoms. The highest BCUT2D eigenvalue weighted by atomic mass is 16.4. The van der Waals surface area contributed by atoms with E-state index in [9.17, 15) is 4.79 Å². The van der Waals surface area contributed by atoms with Crippen molar-refractivity contribution >= 4 is 11.8 Å². The van der Waals surface area contributed by atoms with Gasteiger partial charge in [0.05, 0.1) is 5.70 Å². The van der Waals surface area contributed by atoms with Crippen molar-refractivity contribution in [2.75, 3.05) is 6.54 Å². The third-order valence-electron chi connectivity index (χ3n) is 2.51. The summed E-state index contributed by atoms with van der Waals surface area (Å²) >= 11 is 0. The Labute approximate surface area is 88.6 Å². The normalized spacial score (nSPS) is 16.0. The van der Waals surface area contributed by atoms with E-state index in [2.05, 4.69) is 0 Å². The number of rotatable bonds is 1. The van der Waals surface area contributed by atoms with Crippen LogP contribution >= 0.6 is 0 Å². The van der Waals surface area contributed by atoms with E-state index in [1.807, 2.05) is 36.4 Å². The van der Waals surface area contributed by atoms with Gasteiger partial charge in [-0.1, -0.05) is 36.4 Å². The fourth-order valence-corrected chi connectivity index (χ4v) is 1.80. The summed E-state index contributed by atoms with van der Waals surface area (Å²) in [6, 6.07) is 9.65.